The zero-order valence-electron chi connectivity index (χ0n) is 21.6. The van der Waals surface area contributed by atoms with Crippen molar-refractivity contribution < 1.29 is 34.1 Å². The van der Waals surface area contributed by atoms with E-state index in [4.69, 9.17) is 9.47 Å². The first-order valence-corrected chi connectivity index (χ1v) is 13.5. The van der Waals surface area contributed by atoms with Crippen LogP contribution in [-0.2, 0) is 20.8 Å². The second-order valence-corrected chi connectivity index (χ2v) is 11.3. The molecule has 0 aromatic carbocycles. The summed E-state index contributed by atoms with van der Waals surface area (Å²) in [5.74, 6) is -1.06. The molecule has 0 unspecified atom stereocenters. The molecule has 4 rings (SSSR count). The number of aryl methyl sites for hydroxylation is 1. The molecule has 2 N–H and O–H groups in total. The zero-order chi connectivity index (χ0) is 27.6. The average Bonchev–Trinajstić information content (AvgIpc) is 3.55. The van der Waals surface area contributed by atoms with E-state index in [1.54, 1.807) is 28.8 Å². The van der Waals surface area contributed by atoms with E-state index in [-0.39, 0.29) is 29.7 Å². The van der Waals surface area contributed by atoms with E-state index in [0.29, 0.717) is 37.3 Å². The smallest absolute Gasteiger partial charge is 0.449 e. The Hall–Kier alpha value is -3.25. The Morgan fingerprint density at radius 3 is 2.74 bits per heavy atom. The van der Waals surface area contributed by atoms with Gasteiger partial charge in [0.1, 0.15) is 6.61 Å². The number of β-lactam (4-membered cyclic amide) rings is 1. The third kappa shape index (κ3) is 5.06. The molecular weight excluding hydrogens is 512 g/mol. The minimum absolute atomic E-state index is 0.0143. The van der Waals surface area contributed by atoms with E-state index in [0.717, 1.165) is 0 Å². The van der Waals surface area contributed by atoms with Crippen LogP contribution in [0.25, 0.3) is 0 Å². The lowest BCUT2D eigenvalue weighted by Crippen LogP contribution is -2.65. The predicted octanol–water partition coefficient (Wildman–Crippen LogP) is 3.44. The molecule has 0 saturated carbocycles. The van der Waals surface area contributed by atoms with Crippen LogP contribution in [0.4, 0.5) is 9.59 Å². The van der Waals surface area contributed by atoms with Crippen molar-refractivity contribution in [2.45, 2.75) is 63.1 Å². The van der Waals surface area contributed by atoms with Crippen molar-refractivity contribution in [2.75, 3.05) is 13.2 Å². The number of rotatable bonds is 11. The van der Waals surface area contributed by atoms with E-state index in [2.05, 4.69) is 18.3 Å². The molecule has 0 aliphatic carbocycles. The number of ether oxygens (including phenoxy) is 2. The van der Waals surface area contributed by atoms with Gasteiger partial charge in [0.25, 0.3) is 0 Å². The number of nitrogens with zero attached hydrogens (tertiary/aromatic N) is 4. The Kier molecular flexibility index (Phi) is 8.22. The molecule has 0 spiro atoms. The molecule has 11 nitrogen and oxygen atoms in total. The lowest BCUT2D eigenvalue weighted by molar-refractivity contribution is -0.167. The van der Waals surface area contributed by atoms with E-state index < -0.39 is 35.7 Å². The van der Waals surface area contributed by atoms with Crippen LogP contribution in [0.5, 0.6) is 0 Å². The second kappa shape index (κ2) is 11.2. The van der Waals surface area contributed by atoms with Crippen molar-refractivity contribution in [1.29, 1.82) is 0 Å². The third-order valence-corrected chi connectivity index (χ3v) is 9.02. The monoisotopic (exact) mass is 546 g/mol. The van der Waals surface area contributed by atoms with Crippen LogP contribution in [0.2, 0.25) is 0 Å². The van der Waals surface area contributed by atoms with Crippen LogP contribution >= 0.6 is 11.8 Å². The average molecular weight is 547 g/mol. The van der Waals surface area contributed by atoms with E-state index in [1.165, 1.54) is 22.7 Å². The number of carbonyl (C=O) groups excluding carboxylic acids is 2. The van der Waals surface area contributed by atoms with Crippen molar-refractivity contribution in [3.63, 3.8) is 0 Å². The summed E-state index contributed by atoms with van der Waals surface area (Å²) in [4.78, 5) is 41.2. The molecule has 2 amide bonds. The van der Waals surface area contributed by atoms with Crippen molar-refractivity contribution in [3.05, 3.63) is 54.6 Å². The van der Waals surface area contributed by atoms with Gasteiger partial charge in [-0.2, -0.15) is 5.10 Å². The molecule has 2 fully saturated rings. The van der Waals surface area contributed by atoms with Gasteiger partial charge in [0, 0.05) is 42.2 Å². The van der Waals surface area contributed by atoms with Gasteiger partial charge < -0.3 is 24.6 Å². The summed E-state index contributed by atoms with van der Waals surface area (Å²) >= 11 is 1.42. The Bertz CT molecular complexity index is 1120. The number of allylic oxidation sites excluding steroid dienone is 1. The molecule has 206 valence electrons. The number of likely N-dealkylation sites (tertiary alicyclic amines) is 1. The molecule has 4 heterocycles. The maximum Gasteiger partial charge on any atom is 0.512 e. The lowest BCUT2D eigenvalue weighted by Gasteiger charge is -2.50. The van der Waals surface area contributed by atoms with Crippen LogP contribution in [0, 0.1) is 11.3 Å². The number of amides is 2. The fraction of sp³-hybridized carbons (Fsp3) is 0.538. The number of aromatic nitrogens is 2. The molecule has 1 aromatic rings. The highest BCUT2D eigenvalue weighted by Gasteiger charge is 2.66. The summed E-state index contributed by atoms with van der Waals surface area (Å²) in [7, 11) is 0. The molecule has 0 bridgehead atoms. The maximum absolute atomic E-state index is 13.0. The molecule has 38 heavy (non-hydrogen) atoms. The van der Waals surface area contributed by atoms with Gasteiger partial charge in [-0.15, -0.1) is 18.3 Å². The van der Waals surface area contributed by atoms with Gasteiger partial charge in [0.15, 0.2) is 0 Å². The minimum atomic E-state index is -1.52. The molecule has 1 aromatic heterocycles. The number of hydrogen-bond acceptors (Lipinski definition) is 8. The van der Waals surface area contributed by atoms with Gasteiger partial charge in [0.2, 0.25) is 11.8 Å². The van der Waals surface area contributed by atoms with Crippen LogP contribution in [0.3, 0.4) is 0 Å². The fourth-order valence-corrected chi connectivity index (χ4v) is 7.40. The number of aliphatic hydroxyl groups excluding tert-OH is 1. The van der Waals surface area contributed by atoms with Crippen molar-refractivity contribution >= 4 is 29.9 Å². The summed E-state index contributed by atoms with van der Waals surface area (Å²) in [5.41, 5.74) is -0.714. The SMILES string of the molecule is C=CCOC(=O)N1C[C@@H](SC2=C(OC(=O)O)N3C(=O)[C@H]([C@@H](C)O)[C@H]3[C@]2(C)CC=C)C[C@H]1CCn1cccn1. The second-order valence-electron chi connectivity index (χ2n) is 10.0. The first-order chi connectivity index (χ1) is 18.1. The third-order valence-electron chi connectivity index (χ3n) is 7.47. The molecule has 6 atom stereocenters. The van der Waals surface area contributed by atoms with Crippen LogP contribution < -0.4 is 0 Å². The summed E-state index contributed by atoms with van der Waals surface area (Å²) < 4.78 is 12.3. The zero-order valence-corrected chi connectivity index (χ0v) is 22.4. The number of hydrogen-bond donors (Lipinski definition) is 2. The first-order valence-electron chi connectivity index (χ1n) is 12.6. The Morgan fingerprint density at radius 2 is 2.13 bits per heavy atom. The van der Waals surface area contributed by atoms with E-state index >= 15 is 0 Å². The molecule has 0 radical (unpaired) electrons. The first kappa shape index (κ1) is 27.8. The highest BCUT2D eigenvalue weighted by Crippen LogP contribution is 2.60. The molecule has 3 aliphatic heterocycles. The molecular formula is C26H34N4O7S. The molecule has 12 heteroatoms. The number of carboxylic acid groups (broad SMARTS) is 1. The maximum atomic E-state index is 13.0. The Labute approximate surface area is 225 Å². The summed E-state index contributed by atoms with van der Waals surface area (Å²) in [6, 6.07) is 1.25. The van der Waals surface area contributed by atoms with Gasteiger partial charge in [-0.3, -0.25) is 14.4 Å². The standard InChI is InChI=1S/C26H34N4O7S/c1-5-9-26(4)20-19(16(3)31)22(32)30(20)23(37-25(34)35)21(26)38-18-14-17(8-12-28-11-7-10-27-28)29(15-18)24(33)36-13-6-2/h5-7,10-11,16-20,31H,1-2,8-9,12-15H2,3-4H3,(H,34,35)/t16-,17-,18+,19-,20+,26+/m1/s1. The van der Waals surface area contributed by atoms with Crippen molar-refractivity contribution in [3.8, 4) is 0 Å². The highest BCUT2D eigenvalue weighted by atomic mass is 32.2. The van der Waals surface area contributed by atoms with E-state index in [9.17, 15) is 24.6 Å². The van der Waals surface area contributed by atoms with Crippen LogP contribution in [-0.4, -0.2) is 84.5 Å². The largest absolute Gasteiger partial charge is 0.512 e. The Morgan fingerprint density at radius 1 is 1.37 bits per heavy atom. The number of fused-ring (bicyclic) bond motifs is 1. The van der Waals surface area contributed by atoms with Gasteiger partial charge >= 0.3 is 12.2 Å². The topological polar surface area (TPSA) is 134 Å². The lowest BCUT2D eigenvalue weighted by atomic mass is 9.68. The minimum Gasteiger partial charge on any atom is -0.449 e. The summed E-state index contributed by atoms with van der Waals surface area (Å²) in [5, 5.41) is 24.0. The number of thioether (sulfide) groups is 1. The predicted molar refractivity (Wildman–Crippen MR) is 140 cm³/mol. The number of aliphatic hydroxyl groups is 1. The molecule has 3 aliphatic rings. The van der Waals surface area contributed by atoms with E-state index in [1.807, 2.05) is 19.2 Å². The summed E-state index contributed by atoms with van der Waals surface area (Å²) in [6.45, 7) is 12.1. The quantitative estimate of drug-likeness (QED) is 0.243. The van der Waals surface area contributed by atoms with Crippen molar-refractivity contribution in [2.24, 2.45) is 11.3 Å². The van der Waals surface area contributed by atoms with Gasteiger partial charge in [-0.25, -0.2) is 9.59 Å². The molecule has 2 saturated heterocycles. The number of carbonyl (C=O) groups is 3. The van der Waals surface area contributed by atoms with Crippen LogP contribution in [0.1, 0.15) is 33.1 Å². The normalized spacial score (nSPS) is 29.1. The fourth-order valence-electron chi connectivity index (χ4n) is 5.80. The van der Waals surface area contributed by atoms with Crippen molar-refractivity contribution in [1.82, 2.24) is 19.6 Å². The van der Waals surface area contributed by atoms with Crippen LogP contribution in [0.15, 0.2) is 54.6 Å². The van der Waals surface area contributed by atoms with Gasteiger partial charge in [-0.05, 0) is 32.3 Å². The van der Waals surface area contributed by atoms with Gasteiger partial charge in [0.05, 0.1) is 23.0 Å². The van der Waals surface area contributed by atoms with Gasteiger partial charge in [-0.1, -0.05) is 25.7 Å². The Balaban J connectivity index is 1.62. The summed E-state index contributed by atoms with van der Waals surface area (Å²) in [6.07, 6.45) is 5.66. The highest BCUT2D eigenvalue weighted by molar-refractivity contribution is 8.03.